The van der Waals surface area contributed by atoms with Crippen LogP contribution in [-0.4, -0.2) is 17.4 Å². The molecule has 1 aromatic carbocycles. The maximum absolute atomic E-state index is 12.4. The van der Waals surface area contributed by atoms with Crippen molar-refractivity contribution in [1.82, 2.24) is 4.98 Å². The van der Waals surface area contributed by atoms with Crippen LogP contribution in [0.5, 0.6) is 0 Å². The number of pyridine rings is 1. The van der Waals surface area contributed by atoms with Crippen molar-refractivity contribution in [2.45, 2.75) is 13.8 Å². The Labute approximate surface area is 124 Å². The Morgan fingerprint density at radius 2 is 2.10 bits per heavy atom. The zero-order chi connectivity index (χ0) is 15.2. The summed E-state index contributed by atoms with van der Waals surface area (Å²) < 4.78 is 0. The highest BCUT2D eigenvalue weighted by molar-refractivity contribution is 6.05. The van der Waals surface area contributed by atoms with Gasteiger partial charge in [-0.05, 0) is 43.7 Å². The number of nitrogens with one attached hydrogen (secondary N) is 1. The third kappa shape index (κ3) is 3.91. The topological polar surface area (TPSA) is 68.0 Å². The van der Waals surface area contributed by atoms with E-state index in [-0.39, 0.29) is 12.5 Å². The van der Waals surface area contributed by atoms with Crippen LogP contribution in [0.1, 0.15) is 27.2 Å². The third-order valence-corrected chi connectivity index (χ3v) is 2.87. The highest BCUT2D eigenvalue weighted by Crippen LogP contribution is 2.13. The molecule has 3 N–H and O–H groups in total. The number of rotatable bonds is 2. The first kappa shape index (κ1) is 14.8. The maximum Gasteiger partial charge on any atom is 0.258 e. The van der Waals surface area contributed by atoms with Crippen LogP contribution in [0.3, 0.4) is 0 Å². The van der Waals surface area contributed by atoms with E-state index in [1.54, 1.807) is 12.1 Å². The molecule has 0 bridgehead atoms. The first-order valence-electron chi connectivity index (χ1n) is 6.65. The first-order valence-corrected chi connectivity index (χ1v) is 6.65. The lowest BCUT2D eigenvalue weighted by Gasteiger charge is -2.07. The van der Waals surface area contributed by atoms with Crippen molar-refractivity contribution in [3.05, 3.63) is 58.8 Å². The summed E-state index contributed by atoms with van der Waals surface area (Å²) in [4.78, 5) is 16.6. The zero-order valence-electron chi connectivity index (χ0n) is 12.1. The fraction of sp³-hybridized carbons (Fsp3) is 0.176. The molecule has 1 heterocycles. The van der Waals surface area contributed by atoms with Crippen LogP contribution in [-0.2, 0) is 0 Å². The zero-order valence-corrected chi connectivity index (χ0v) is 12.1. The Morgan fingerprint density at radius 1 is 1.29 bits per heavy atom. The number of hydrogen-bond donors (Lipinski definition) is 2. The van der Waals surface area contributed by atoms with Crippen LogP contribution in [0.2, 0.25) is 0 Å². The predicted molar refractivity (Wildman–Crippen MR) is 84.0 cm³/mol. The number of nitrogens with two attached hydrogens (primary N) is 1. The van der Waals surface area contributed by atoms with Crippen LogP contribution in [0.15, 0.2) is 36.4 Å². The van der Waals surface area contributed by atoms with Gasteiger partial charge in [0.1, 0.15) is 5.82 Å². The quantitative estimate of drug-likeness (QED) is 0.829. The SMILES string of the molecule is Cc1ccc(C(=O)Nc2cccc(C)n2)c(C#CCN)c1. The molecule has 0 radical (unpaired) electrons. The van der Waals surface area contributed by atoms with Crippen LogP contribution in [0, 0.1) is 25.7 Å². The number of nitrogens with zero attached hydrogens (tertiary/aromatic N) is 1. The summed E-state index contributed by atoms with van der Waals surface area (Å²) in [6.45, 7) is 4.09. The molecule has 2 rings (SSSR count). The maximum atomic E-state index is 12.4. The molecule has 0 aliphatic rings. The van der Waals surface area contributed by atoms with Gasteiger partial charge in [0.25, 0.3) is 5.91 Å². The van der Waals surface area contributed by atoms with E-state index >= 15 is 0 Å². The molecule has 0 aliphatic carbocycles. The molecule has 0 spiro atoms. The molecule has 0 unspecified atom stereocenters. The van der Waals surface area contributed by atoms with Crippen molar-refractivity contribution >= 4 is 11.7 Å². The largest absolute Gasteiger partial charge is 0.320 e. The Kier molecular flexibility index (Phi) is 4.70. The van der Waals surface area contributed by atoms with Crippen LogP contribution in [0.25, 0.3) is 0 Å². The molecule has 0 saturated heterocycles. The van der Waals surface area contributed by atoms with Crippen molar-refractivity contribution in [3.63, 3.8) is 0 Å². The second-order valence-corrected chi connectivity index (χ2v) is 4.67. The van der Waals surface area contributed by atoms with Crippen molar-refractivity contribution < 1.29 is 4.79 Å². The standard InChI is InChI=1S/C17H17N3O/c1-12-8-9-15(14(11-12)6-4-10-18)17(21)20-16-7-3-5-13(2)19-16/h3,5,7-9,11H,10,18H2,1-2H3,(H,19,20,21). The van der Waals surface area contributed by atoms with Gasteiger partial charge < -0.3 is 11.1 Å². The number of aryl methyl sites for hydroxylation is 2. The second kappa shape index (κ2) is 6.69. The van der Waals surface area contributed by atoms with Crippen molar-refractivity contribution in [3.8, 4) is 11.8 Å². The van der Waals surface area contributed by atoms with Crippen molar-refractivity contribution in [2.75, 3.05) is 11.9 Å². The Morgan fingerprint density at radius 3 is 2.81 bits per heavy atom. The summed E-state index contributed by atoms with van der Waals surface area (Å²) in [5, 5.41) is 2.79. The fourth-order valence-electron chi connectivity index (χ4n) is 1.90. The second-order valence-electron chi connectivity index (χ2n) is 4.67. The molecular weight excluding hydrogens is 262 g/mol. The Bertz CT molecular complexity index is 726. The lowest BCUT2D eigenvalue weighted by Crippen LogP contribution is -2.15. The molecule has 4 heteroatoms. The minimum absolute atomic E-state index is 0.227. The van der Waals surface area contributed by atoms with Gasteiger partial charge in [0.2, 0.25) is 0 Å². The average molecular weight is 279 g/mol. The van der Waals surface area contributed by atoms with Gasteiger partial charge in [-0.3, -0.25) is 4.79 Å². The van der Waals surface area contributed by atoms with Gasteiger partial charge in [0.15, 0.2) is 0 Å². The molecule has 21 heavy (non-hydrogen) atoms. The summed E-state index contributed by atoms with van der Waals surface area (Å²) >= 11 is 0. The Balaban J connectivity index is 2.30. The van der Waals surface area contributed by atoms with E-state index < -0.39 is 0 Å². The highest BCUT2D eigenvalue weighted by Gasteiger charge is 2.11. The van der Waals surface area contributed by atoms with E-state index in [0.717, 1.165) is 11.3 Å². The third-order valence-electron chi connectivity index (χ3n) is 2.87. The molecule has 1 amide bonds. The van der Waals surface area contributed by atoms with E-state index in [1.165, 1.54) is 0 Å². The van der Waals surface area contributed by atoms with Gasteiger partial charge in [-0.2, -0.15) is 0 Å². The molecule has 0 saturated carbocycles. The van der Waals surface area contributed by atoms with Gasteiger partial charge in [0, 0.05) is 11.3 Å². The summed E-state index contributed by atoms with van der Waals surface area (Å²) in [6, 6.07) is 11.0. The van der Waals surface area contributed by atoms with Crippen LogP contribution < -0.4 is 11.1 Å². The number of benzene rings is 1. The fourth-order valence-corrected chi connectivity index (χ4v) is 1.90. The first-order chi connectivity index (χ1) is 10.1. The monoisotopic (exact) mass is 279 g/mol. The lowest BCUT2D eigenvalue weighted by atomic mass is 10.0. The average Bonchev–Trinajstić information content (AvgIpc) is 2.45. The van der Waals surface area contributed by atoms with Crippen molar-refractivity contribution in [1.29, 1.82) is 0 Å². The summed E-state index contributed by atoms with van der Waals surface area (Å²) in [7, 11) is 0. The summed E-state index contributed by atoms with van der Waals surface area (Å²) in [6.07, 6.45) is 0. The molecule has 4 nitrogen and oxygen atoms in total. The van der Waals surface area contributed by atoms with E-state index in [1.807, 2.05) is 38.1 Å². The molecule has 0 fully saturated rings. The van der Waals surface area contributed by atoms with Gasteiger partial charge in [-0.25, -0.2) is 4.98 Å². The van der Waals surface area contributed by atoms with Gasteiger partial charge in [-0.15, -0.1) is 0 Å². The molecule has 1 aromatic heterocycles. The van der Waals surface area contributed by atoms with Crippen LogP contribution >= 0.6 is 0 Å². The number of hydrogen-bond acceptors (Lipinski definition) is 3. The Hall–Kier alpha value is -2.64. The molecule has 2 aromatic rings. The van der Waals surface area contributed by atoms with Gasteiger partial charge in [0.05, 0.1) is 12.1 Å². The van der Waals surface area contributed by atoms with Gasteiger partial charge >= 0.3 is 0 Å². The minimum Gasteiger partial charge on any atom is -0.320 e. The van der Waals surface area contributed by atoms with E-state index in [4.69, 9.17) is 5.73 Å². The molecule has 0 atom stereocenters. The van der Waals surface area contributed by atoms with E-state index in [9.17, 15) is 4.79 Å². The summed E-state index contributed by atoms with van der Waals surface area (Å²) in [5.74, 6) is 6.02. The van der Waals surface area contributed by atoms with E-state index in [0.29, 0.717) is 16.9 Å². The van der Waals surface area contributed by atoms with Crippen LogP contribution in [0.4, 0.5) is 5.82 Å². The van der Waals surface area contributed by atoms with Crippen molar-refractivity contribution in [2.24, 2.45) is 5.73 Å². The number of carbonyl (C=O) groups excluding carboxylic acids is 1. The number of carbonyl (C=O) groups is 1. The number of anilines is 1. The van der Waals surface area contributed by atoms with Gasteiger partial charge in [-0.1, -0.05) is 24.0 Å². The van der Waals surface area contributed by atoms with E-state index in [2.05, 4.69) is 22.1 Å². The lowest BCUT2D eigenvalue weighted by molar-refractivity contribution is 0.102. The number of amides is 1. The highest BCUT2D eigenvalue weighted by atomic mass is 16.1. The summed E-state index contributed by atoms with van der Waals surface area (Å²) in [5.41, 5.74) is 8.48. The molecular formula is C17H17N3O. The smallest absolute Gasteiger partial charge is 0.258 e. The molecule has 106 valence electrons. The molecule has 0 aliphatic heterocycles. The normalized spacial score (nSPS) is 9.67. The number of aromatic nitrogens is 1. The predicted octanol–water partition coefficient (Wildman–Crippen LogP) is 2.26. The minimum atomic E-state index is -0.227.